The van der Waals surface area contributed by atoms with Crippen LogP contribution < -0.4 is 4.90 Å². The molecule has 0 spiro atoms. The van der Waals surface area contributed by atoms with Crippen molar-refractivity contribution in [2.75, 3.05) is 31.1 Å². The van der Waals surface area contributed by atoms with Crippen LogP contribution in [0.1, 0.15) is 17.5 Å². The van der Waals surface area contributed by atoms with Gasteiger partial charge in [0, 0.05) is 38.3 Å². The van der Waals surface area contributed by atoms with Crippen molar-refractivity contribution < 1.29 is 13.3 Å². The minimum Gasteiger partial charge on any atom is -0.369 e. The van der Waals surface area contributed by atoms with Crippen molar-refractivity contribution in [2.45, 2.75) is 18.2 Å². The summed E-state index contributed by atoms with van der Waals surface area (Å²) in [6, 6.07) is 12.9. The highest BCUT2D eigenvalue weighted by molar-refractivity contribution is 7.89. The van der Waals surface area contributed by atoms with Crippen LogP contribution in [0.5, 0.6) is 0 Å². The first-order valence-corrected chi connectivity index (χ1v) is 10.3. The summed E-state index contributed by atoms with van der Waals surface area (Å²) < 4.78 is 27.3. The van der Waals surface area contributed by atoms with Crippen molar-refractivity contribution in [1.29, 1.82) is 5.26 Å². The van der Waals surface area contributed by atoms with E-state index in [0.29, 0.717) is 31.7 Å². The summed E-state index contributed by atoms with van der Waals surface area (Å²) in [6.07, 6.45) is 0.590. The zero-order valence-corrected chi connectivity index (χ0v) is 16.2. The minimum absolute atomic E-state index is 0.140. The SMILES string of the molecule is Cc1ccc(S(=O)(=O)N2CCCN(c3ccc([N+](=O)[O-])cc3C#N)CC2)cc1. The van der Waals surface area contributed by atoms with Crippen molar-refractivity contribution in [3.8, 4) is 6.07 Å². The van der Waals surface area contributed by atoms with Crippen LogP contribution in [0.25, 0.3) is 0 Å². The number of nitro benzene ring substituents is 1. The number of nitriles is 1. The quantitative estimate of drug-likeness (QED) is 0.577. The number of benzene rings is 2. The highest BCUT2D eigenvalue weighted by Crippen LogP contribution is 2.27. The summed E-state index contributed by atoms with van der Waals surface area (Å²) in [5.41, 5.74) is 1.65. The molecule has 0 bridgehead atoms. The molecule has 0 atom stereocenters. The number of hydrogen-bond donors (Lipinski definition) is 0. The topological polar surface area (TPSA) is 108 Å². The third kappa shape index (κ3) is 3.98. The number of non-ortho nitro benzene ring substituents is 1. The Hall–Kier alpha value is -2.96. The molecule has 2 aromatic rings. The highest BCUT2D eigenvalue weighted by Gasteiger charge is 2.27. The number of hydrogen-bond acceptors (Lipinski definition) is 6. The van der Waals surface area contributed by atoms with Crippen LogP contribution in [0, 0.1) is 28.4 Å². The second-order valence-corrected chi connectivity index (χ2v) is 8.57. The molecule has 0 aliphatic carbocycles. The zero-order valence-electron chi connectivity index (χ0n) is 15.4. The van der Waals surface area contributed by atoms with E-state index in [1.54, 1.807) is 30.3 Å². The summed E-state index contributed by atoms with van der Waals surface area (Å²) in [5, 5.41) is 20.3. The average molecular weight is 400 g/mol. The molecular formula is C19H20N4O4S. The van der Waals surface area contributed by atoms with Gasteiger partial charge in [-0.3, -0.25) is 10.1 Å². The first kappa shape index (κ1) is 19.8. The second kappa shape index (κ2) is 7.96. The van der Waals surface area contributed by atoms with Gasteiger partial charge in [0.1, 0.15) is 6.07 Å². The fourth-order valence-electron chi connectivity index (χ4n) is 3.24. The highest BCUT2D eigenvalue weighted by atomic mass is 32.2. The molecule has 0 aromatic heterocycles. The van der Waals surface area contributed by atoms with E-state index >= 15 is 0 Å². The van der Waals surface area contributed by atoms with Crippen molar-refractivity contribution in [3.63, 3.8) is 0 Å². The van der Waals surface area contributed by atoms with E-state index in [1.165, 1.54) is 16.4 Å². The van der Waals surface area contributed by atoms with Gasteiger partial charge in [-0.15, -0.1) is 0 Å². The van der Waals surface area contributed by atoms with Crippen molar-refractivity contribution in [3.05, 3.63) is 63.7 Å². The predicted octanol–water partition coefficient (Wildman–Crippen LogP) is 2.68. The van der Waals surface area contributed by atoms with E-state index in [2.05, 4.69) is 0 Å². The van der Waals surface area contributed by atoms with Crippen LogP contribution >= 0.6 is 0 Å². The molecule has 3 rings (SSSR count). The molecule has 0 N–H and O–H groups in total. The number of anilines is 1. The van der Waals surface area contributed by atoms with E-state index in [4.69, 9.17) is 0 Å². The molecule has 1 heterocycles. The molecule has 1 fully saturated rings. The van der Waals surface area contributed by atoms with E-state index in [0.717, 1.165) is 5.56 Å². The molecular weight excluding hydrogens is 380 g/mol. The summed E-state index contributed by atoms with van der Waals surface area (Å²) in [6.45, 7) is 3.51. The Morgan fingerprint density at radius 2 is 1.79 bits per heavy atom. The van der Waals surface area contributed by atoms with Crippen LogP contribution in [-0.2, 0) is 10.0 Å². The van der Waals surface area contributed by atoms with Gasteiger partial charge in [0.15, 0.2) is 0 Å². The summed E-state index contributed by atoms with van der Waals surface area (Å²) in [5.74, 6) is 0. The van der Waals surface area contributed by atoms with Gasteiger partial charge in [0.2, 0.25) is 10.0 Å². The van der Waals surface area contributed by atoms with Crippen LogP contribution in [0.2, 0.25) is 0 Å². The van der Waals surface area contributed by atoms with Gasteiger partial charge in [-0.2, -0.15) is 9.57 Å². The molecule has 8 nitrogen and oxygen atoms in total. The number of rotatable bonds is 4. The molecule has 0 radical (unpaired) electrons. The predicted molar refractivity (Wildman–Crippen MR) is 105 cm³/mol. The van der Waals surface area contributed by atoms with E-state index in [1.807, 2.05) is 17.9 Å². The van der Waals surface area contributed by atoms with Gasteiger partial charge in [-0.05, 0) is 31.5 Å². The molecule has 9 heteroatoms. The number of aryl methyl sites for hydroxylation is 1. The third-order valence-corrected chi connectivity index (χ3v) is 6.68. The lowest BCUT2D eigenvalue weighted by atomic mass is 10.1. The second-order valence-electron chi connectivity index (χ2n) is 6.63. The molecule has 2 aromatic carbocycles. The van der Waals surface area contributed by atoms with Crippen LogP contribution in [0.15, 0.2) is 47.4 Å². The number of sulfonamides is 1. The fraction of sp³-hybridized carbons (Fsp3) is 0.316. The van der Waals surface area contributed by atoms with Crippen LogP contribution in [-0.4, -0.2) is 43.8 Å². The van der Waals surface area contributed by atoms with E-state index in [-0.39, 0.29) is 22.7 Å². The van der Waals surface area contributed by atoms with Gasteiger partial charge < -0.3 is 4.90 Å². The lowest BCUT2D eigenvalue weighted by Gasteiger charge is -2.24. The summed E-state index contributed by atoms with van der Waals surface area (Å²) >= 11 is 0. The monoisotopic (exact) mass is 400 g/mol. The van der Waals surface area contributed by atoms with Gasteiger partial charge in [0.25, 0.3) is 5.69 Å². The minimum atomic E-state index is -3.59. The smallest absolute Gasteiger partial charge is 0.270 e. The first-order chi connectivity index (χ1) is 13.3. The lowest BCUT2D eigenvalue weighted by Crippen LogP contribution is -2.35. The van der Waals surface area contributed by atoms with Crippen molar-refractivity contribution in [1.82, 2.24) is 4.31 Å². The Balaban J connectivity index is 1.81. The van der Waals surface area contributed by atoms with E-state index in [9.17, 15) is 23.8 Å². The van der Waals surface area contributed by atoms with Gasteiger partial charge in [0.05, 0.1) is 21.1 Å². The molecule has 146 valence electrons. The molecule has 28 heavy (non-hydrogen) atoms. The molecule has 1 aliphatic rings. The van der Waals surface area contributed by atoms with Crippen molar-refractivity contribution in [2.24, 2.45) is 0 Å². The van der Waals surface area contributed by atoms with Crippen LogP contribution in [0.3, 0.4) is 0 Å². The van der Waals surface area contributed by atoms with Crippen molar-refractivity contribution >= 4 is 21.4 Å². The Labute approximate surface area is 163 Å². The largest absolute Gasteiger partial charge is 0.369 e. The van der Waals surface area contributed by atoms with Gasteiger partial charge in [-0.25, -0.2) is 8.42 Å². The molecule has 0 saturated carbocycles. The molecule has 0 amide bonds. The normalized spacial score (nSPS) is 15.6. The van der Waals surface area contributed by atoms with E-state index < -0.39 is 14.9 Å². The Kier molecular flexibility index (Phi) is 5.63. The standard InChI is InChI=1S/C19H20N4O4S/c1-15-3-6-18(7-4-15)28(26,27)22-10-2-9-21(11-12-22)19-8-5-17(23(24)25)13-16(19)14-20/h3-8,13H,2,9-12H2,1H3. The Morgan fingerprint density at radius 3 is 2.43 bits per heavy atom. The van der Waals surface area contributed by atoms with Gasteiger partial charge >= 0.3 is 0 Å². The lowest BCUT2D eigenvalue weighted by molar-refractivity contribution is -0.384. The maximum atomic E-state index is 12.9. The average Bonchev–Trinajstić information content (AvgIpc) is 2.94. The zero-order chi connectivity index (χ0) is 20.3. The maximum Gasteiger partial charge on any atom is 0.270 e. The summed E-state index contributed by atoms with van der Waals surface area (Å²) in [7, 11) is -3.59. The molecule has 0 unspecified atom stereocenters. The molecule has 1 aliphatic heterocycles. The first-order valence-electron chi connectivity index (χ1n) is 8.83. The number of nitrogens with zero attached hydrogens (tertiary/aromatic N) is 4. The fourth-order valence-corrected chi connectivity index (χ4v) is 4.71. The van der Waals surface area contributed by atoms with Crippen LogP contribution in [0.4, 0.5) is 11.4 Å². The Bertz CT molecular complexity index is 1030. The number of nitro groups is 1. The summed E-state index contributed by atoms with van der Waals surface area (Å²) in [4.78, 5) is 12.6. The van der Waals surface area contributed by atoms with Gasteiger partial charge in [-0.1, -0.05) is 17.7 Å². The maximum absolute atomic E-state index is 12.9. The molecule has 1 saturated heterocycles. The Morgan fingerprint density at radius 1 is 1.07 bits per heavy atom. The third-order valence-electron chi connectivity index (χ3n) is 4.77.